The van der Waals surface area contributed by atoms with E-state index in [-0.39, 0.29) is 0 Å². The molecule has 1 rings (SSSR count). The third-order valence-corrected chi connectivity index (χ3v) is 7.07. The Morgan fingerprint density at radius 2 is 0.742 bits per heavy atom. The molecule has 184 valence electrons. The van der Waals surface area contributed by atoms with E-state index in [1.807, 2.05) is 0 Å². The van der Waals surface area contributed by atoms with Crippen LogP contribution in [0.4, 0.5) is 0 Å². The fourth-order valence-electron chi connectivity index (χ4n) is 4.95. The molecule has 0 N–H and O–H groups in total. The lowest BCUT2D eigenvalue weighted by Gasteiger charge is -2.33. The van der Waals surface area contributed by atoms with Crippen molar-refractivity contribution in [2.75, 3.05) is 13.1 Å². The second-order valence-electron chi connectivity index (χ2n) is 10.1. The molecule has 1 heterocycles. The first-order valence-corrected chi connectivity index (χ1v) is 14.5. The molecular formula is C29H58N2. The molecule has 2 heteroatoms. The first-order chi connectivity index (χ1) is 15.3. The Kier molecular flexibility index (Phi) is 19.4. The van der Waals surface area contributed by atoms with Crippen LogP contribution in [0.2, 0.25) is 0 Å². The van der Waals surface area contributed by atoms with E-state index in [4.69, 9.17) is 0 Å². The molecule has 2 nitrogen and oxygen atoms in total. The van der Waals surface area contributed by atoms with Gasteiger partial charge in [0.05, 0.1) is 0 Å². The monoisotopic (exact) mass is 434 g/mol. The van der Waals surface area contributed by atoms with Crippen LogP contribution in [0.3, 0.4) is 0 Å². The van der Waals surface area contributed by atoms with Gasteiger partial charge in [0.25, 0.3) is 0 Å². The molecule has 0 bridgehead atoms. The van der Waals surface area contributed by atoms with Gasteiger partial charge >= 0.3 is 0 Å². The minimum absolute atomic E-state index is 0.645. The smallest absolute Gasteiger partial charge is 0.101 e. The van der Waals surface area contributed by atoms with Crippen molar-refractivity contribution >= 4 is 0 Å². The molecule has 0 fully saturated rings. The Bertz CT molecular complexity index is 392. The van der Waals surface area contributed by atoms with E-state index in [9.17, 15) is 0 Å². The lowest BCUT2D eigenvalue weighted by molar-refractivity contribution is 0.135. The fraction of sp³-hybridized carbons (Fsp3) is 0.931. The van der Waals surface area contributed by atoms with Crippen molar-refractivity contribution in [2.45, 2.75) is 162 Å². The van der Waals surface area contributed by atoms with Crippen molar-refractivity contribution in [3.05, 3.63) is 12.4 Å². The quantitative estimate of drug-likeness (QED) is 0.148. The highest BCUT2D eigenvalue weighted by molar-refractivity contribution is 4.97. The molecule has 1 aliphatic heterocycles. The van der Waals surface area contributed by atoms with Gasteiger partial charge in [-0.25, -0.2) is 0 Å². The van der Waals surface area contributed by atoms with E-state index in [1.165, 1.54) is 148 Å². The van der Waals surface area contributed by atoms with Gasteiger partial charge in [-0.3, -0.25) is 0 Å². The zero-order valence-corrected chi connectivity index (χ0v) is 21.9. The van der Waals surface area contributed by atoms with Crippen molar-refractivity contribution in [1.29, 1.82) is 0 Å². The highest BCUT2D eigenvalue weighted by Gasteiger charge is 2.24. The zero-order chi connectivity index (χ0) is 22.4. The van der Waals surface area contributed by atoms with Gasteiger partial charge in [-0.15, -0.1) is 0 Å². The normalized spacial score (nSPS) is 16.0. The van der Waals surface area contributed by atoms with Gasteiger partial charge in [0.15, 0.2) is 0 Å². The average Bonchev–Trinajstić information content (AvgIpc) is 3.16. The second-order valence-corrected chi connectivity index (χ2v) is 10.1. The predicted molar refractivity (Wildman–Crippen MR) is 140 cm³/mol. The molecule has 0 spiro atoms. The second kappa shape index (κ2) is 21.2. The molecule has 0 radical (unpaired) electrons. The molecule has 1 unspecified atom stereocenters. The van der Waals surface area contributed by atoms with Gasteiger partial charge in [0.2, 0.25) is 0 Å². The molecule has 1 atom stereocenters. The molecule has 0 aromatic carbocycles. The standard InChI is InChI=1S/C29H58N2/c1-4-7-10-13-14-15-16-17-18-19-21-24-29-30(25-22-12-9-6-3)27-28-31(29)26-23-20-11-8-5-2/h27-29H,4-26H2,1-3H3. The van der Waals surface area contributed by atoms with Crippen LogP contribution in [0.25, 0.3) is 0 Å². The van der Waals surface area contributed by atoms with Crippen molar-refractivity contribution in [3.63, 3.8) is 0 Å². The summed E-state index contributed by atoms with van der Waals surface area (Å²) < 4.78 is 0. The maximum Gasteiger partial charge on any atom is 0.101 e. The molecular weight excluding hydrogens is 376 g/mol. The number of hydrogen-bond donors (Lipinski definition) is 0. The summed E-state index contributed by atoms with van der Waals surface area (Å²) in [5.74, 6) is 0. The summed E-state index contributed by atoms with van der Waals surface area (Å²) in [5.41, 5.74) is 0. The molecule has 0 aromatic heterocycles. The summed E-state index contributed by atoms with van der Waals surface area (Å²) in [5, 5.41) is 0. The van der Waals surface area contributed by atoms with E-state index < -0.39 is 0 Å². The Hall–Kier alpha value is -0.660. The van der Waals surface area contributed by atoms with Gasteiger partial charge < -0.3 is 9.80 Å². The van der Waals surface area contributed by atoms with Crippen LogP contribution in [-0.4, -0.2) is 29.1 Å². The van der Waals surface area contributed by atoms with Gasteiger partial charge in [0.1, 0.15) is 6.17 Å². The Balaban J connectivity index is 2.20. The van der Waals surface area contributed by atoms with Gasteiger partial charge in [-0.1, -0.05) is 130 Å². The predicted octanol–water partition coefficient (Wildman–Crippen LogP) is 9.65. The van der Waals surface area contributed by atoms with Crippen LogP contribution in [0, 0.1) is 0 Å². The summed E-state index contributed by atoms with van der Waals surface area (Å²) in [7, 11) is 0. The lowest BCUT2D eigenvalue weighted by atomic mass is 10.0. The number of hydrogen-bond acceptors (Lipinski definition) is 2. The summed E-state index contributed by atoms with van der Waals surface area (Å²) in [4.78, 5) is 5.33. The van der Waals surface area contributed by atoms with Crippen LogP contribution < -0.4 is 0 Å². The van der Waals surface area contributed by atoms with E-state index in [2.05, 4.69) is 43.0 Å². The highest BCUT2D eigenvalue weighted by atomic mass is 15.4. The summed E-state index contributed by atoms with van der Waals surface area (Å²) in [6.07, 6.45) is 35.1. The van der Waals surface area contributed by atoms with Crippen molar-refractivity contribution in [3.8, 4) is 0 Å². The number of rotatable bonds is 23. The summed E-state index contributed by atoms with van der Waals surface area (Å²) in [6, 6.07) is 0. The Morgan fingerprint density at radius 3 is 1.16 bits per heavy atom. The molecule has 1 aliphatic rings. The maximum absolute atomic E-state index is 2.67. The van der Waals surface area contributed by atoms with Gasteiger partial charge in [-0.05, 0) is 25.7 Å². The third-order valence-electron chi connectivity index (χ3n) is 7.07. The minimum Gasteiger partial charge on any atom is -0.356 e. The summed E-state index contributed by atoms with van der Waals surface area (Å²) >= 11 is 0. The lowest BCUT2D eigenvalue weighted by Crippen LogP contribution is -2.39. The molecule has 0 saturated heterocycles. The van der Waals surface area contributed by atoms with Crippen LogP contribution in [0.5, 0.6) is 0 Å². The molecule has 31 heavy (non-hydrogen) atoms. The maximum atomic E-state index is 2.67. The topological polar surface area (TPSA) is 6.48 Å². The number of nitrogens with zero attached hydrogens (tertiary/aromatic N) is 2. The van der Waals surface area contributed by atoms with E-state index in [1.54, 1.807) is 0 Å². The Morgan fingerprint density at radius 1 is 0.419 bits per heavy atom. The molecule has 0 aromatic rings. The molecule has 0 amide bonds. The van der Waals surface area contributed by atoms with E-state index >= 15 is 0 Å². The van der Waals surface area contributed by atoms with Gasteiger partial charge in [0, 0.05) is 25.5 Å². The van der Waals surface area contributed by atoms with Crippen LogP contribution in [0.15, 0.2) is 12.4 Å². The largest absolute Gasteiger partial charge is 0.356 e. The SMILES string of the molecule is CCCCCCCCCCCCCC1N(CCCCCC)C=CN1CCCCCCC. The van der Waals surface area contributed by atoms with Gasteiger partial charge in [-0.2, -0.15) is 0 Å². The number of unbranched alkanes of at least 4 members (excludes halogenated alkanes) is 17. The first kappa shape index (κ1) is 28.4. The first-order valence-electron chi connectivity index (χ1n) is 14.5. The molecule has 0 saturated carbocycles. The zero-order valence-electron chi connectivity index (χ0n) is 21.9. The van der Waals surface area contributed by atoms with E-state index in [0.29, 0.717) is 6.17 Å². The third kappa shape index (κ3) is 14.9. The van der Waals surface area contributed by atoms with Crippen LogP contribution >= 0.6 is 0 Å². The highest BCUT2D eigenvalue weighted by Crippen LogP contribution is 2.23. The van der Waals surface area contributed by atoms with Crippen molar-refractivity contribution < 1.29 is 0 Å². The van der Waals surface area contributed by atoms with Crippen LogP contribution in [0.1, 0.15) is 156 Å². The minimum atomic E-state index is 0.645. The van der Waals surface area contributed by atoms with E-state index in [0.717, 1.165) is 0 Å². The van der Waals surface area contributed by atoms with Crippen molar-refractivity contribution in [1.82, 2.24) is 9.80 Å². The molecule has 0 aliphatic carbocycles. The fourth-order valence-corrected chi connectivity index (χ4v) is 4.95. The van der Waals surface area contributed by atoms with Crippen molar-refractivity contribution in [2.24, 2.45) is 0 Å². The average molecular weight is 435 g/mol. The van der Waals surface area contributed by atoms with Crippen LogP contribution in [-0.2, 0) is 0 Å². The summed E-state index contributed by atoms with van der Waals surface area (Å²) in [6.45, 7) is 9.44. The Labute approximate surface area is 197 Å².